The van der Waals surface area contributed by atoms with Crippen molar-refractivity contribution in [3.63, 3.8) is 0 Å². The largest absolute Gasteiger partial charge is 0.0591 e. The lowest BCUT2D eigenvalue weighted by atomic mass is 10.00. The molecule has 0 N–H and O–H groups in total. The van der Waals surface area contributed by atoms with E-state index in [4.69, 9.17) is 0 Å². The maximum atomic E-state index is 2.32. The molecule has 1 aliphatic rings. The van der Waals surface area contributed by atoms with Gasteiger partial charge in [0.15, 0.2) is 0 Å². The van der Waals surface area contributed by atoms with Crippen molar-refractivity contribution < 1.29 is 0 Å². The van der Waals surface area contributed by atoms with E-state index < -0.39 is 0 Å². The number of hydrogen-bond donors (Lipinski definition) is 0. The summed E-state index contributed by atoms with van der Waals surface area (Å²) < 4.78 is 0. The van der Waals surface area contributed by atoms with Crippen molar-refractivity contribution in [3.05, 3.63) is 5.92 Å². The first-order valence-electron chi connectivity index (χ1n) is 4.71. The first-order chi connectivity index (χ1) is 4.89. The zero-order valence-corrected chi connectivity index (χ0v) is 7.16. The molecule has 1 aliphatic carbocycles. The summed E-state index contributed by atoms with van der Waals surface area (Å²) in [7, 11) is 0. The second kappa shape index (κ2) is 4.76. The molecule has 0 spiro atoms. The Bertz CT molecular complexity index is 66.1. The van der Waals surface area contributed by atoms with Gasteiger partial charge in [0.1, 0.15) is 0 Å². The van der Waals surface area contributed by atoms with Gasteiger partial charge in [-0.3, -0.25) is 0 Å². The van der Waals surface area contributed by atoms with E-state index in [2.05, 4.69) is 6.92 Å². The smallest absolute Gasteiger partial charge is 0.0272 e. The Hall–Kier alpha value is 0. The Morgan fingerprint density at radius 3 is 1.60 bits per heavy atom. The minimum Gasteiger partial charge on any atom is -0.0591 e. The second-order valence-electron chi connectivity index (χ2n) is 3.58. The molecule has 0 heterocycles. The predicted octanol–water partition coefficient (Wildman–Crippen LogP) is 3.72. The third kappa shape index (κ3) is 3.24. The highest BCUT2D eigenvalue weighted by Gasteiger charge is 2.04. The first kappa shape index (κ1) is 8.10. The lowest BCUT2D eigenvalue weighted by Gasteiger charge is -2.06. The highest BCUT2D eigenvalue weighted by molar-refractivity contribution is 4.83. The third-order valence-electron chi connectivity index (χ3n) is 2.46. The molecule has 0 heteroatoms. The van der Waals surface area contributed by atoms with Gasteiger partial charge in [0.05, 0.1) is 0 Å². The molecule has 0 saturated heterocycles. The normalized spacial score (nSPS) is 24.9. The summed E-state index contributed by atoms with van der Waals surface area (Å²) >= 11 is 0. The van der Waals surface area contributed by atoms with Gasteiger partial charge >= 0.3 is 0 Å². The van der Waals surface area contributed by atoms with Crippen LogP contribution in [0.5, 0.6) is 0 Å². The van der Waals surface area contributed by atoms with E-state index in [1.165, 1.54) is 51.4 Å². The van der Waals surface area contributed by atoms with E-state index in [1.807, 2.05) is 0 Å². The molecule has 1 fully saturated rings. The van der Waals surface area contributed by atoms with Gasteiger partial charge in [-0.1, -0.05) is 45.4 Å². The zero-order chi connectivity index (χ0) is 7.23. The van der Waals surface area contributed by atoms with E-state index >= 15 is 0 Å². The van der Waals surface area contributed by atoms with Crippen LogP contribution in [0.15, 0.2) is 0 Å². The van der Waals surface area contributed by atoms with Crippen LogP contribution in [0.1, 0.15) is 58.3 Å². The molecule has 1 saturated carbocycles. The minimum absolute atomic E-state index is 1.40. The Balaban J connectivity index is 2.15. The maximum Gasteiger partial charge on any atom is -0.0272 e. The van der Waals surface area contributed by atoms with E-state index in [1.54, 1.807) is 5.92 Å². The Morgan fingerprint density at radius 1 is 0.700 bits per heavy atom. The Morgan fingerprint density at radius 2 is 1.10 bits per heavy atom. The highest BCUT2D eigenvalue weighted by atomic mass is 14.1. The maximum absolute atomic E-state index is 2.32. The Labute approximate surface area is 65.0 Å². The van der Waals surface area contributed by atoms with Gasteiger partial charge in [-0.05, 0) is 18.8 Å². The molecule has 10 heavy (non-hydrogen) atoms. The van der Waals surface area contributed by atoms with E-state index in [0.717, 1.165) is 0 Å². The molecule has 0 nitrogen and oxygen atoms in total. The summed E-state index contributed by atoms with van der Waals surface area (Å²) in [5, 5.41) is 0. The van der Waals surface area contributed by atoms with Crippen LogP contribution in [0, 0.1) is 5.92 Å². The van der Waals surface area contributed by atoms with Gasteiger partial charge in [0, 0.05) is 0 Å². The fourth-order valence-electron chi connectivity index (χ4n) is 1.69. The molecule has 0 atom stereocenters. The standard InChI is InChI=1S/C10H19/c1-10-8-6-4-2-3-5-7-9-10/h2-9H2,1H3. The van der Waals surface area contributed by atoms with Gasteiger partial charge < -0.3 is 0 Å². The van der Waals surface area contributed by atoms with Crippen molar-refractivity contribution in [2.75, 3.05) is 0 Å². The van der Waals surface area contributed by atoms with Crippen LogP contribution in [-0.2, 0) is 0 Å². The van der Waals surface area contributed by atoms with Crippen LogP contribution in [0.3, 0.4) is 0 Å². The van der Waals surface area contributed by atoms with Crippen molar-refractivity contribution >= 4 is 0 Å². The zero-order valence-electron chi connectivity index (χ0n) is 7.16. The van der Waals surface area contributed by atoms with Crippen LogP contribution in [0.25, 0.3) is 0 Å². The summed E-state index contributed by atoms with van der Waals surface area (Å²) in [5.74, 6) is 1.74. The third-order valence-corrected chi connectivity index (χ3v) is 2.46. The number of hydrogen-bond acceptors (Lipinski definition) is 0. The molecular formula is C10H19. The average Bonchev–Trinajstić information content (AvgIpc) is 2.02. The van der Waals surface area contributed by atoms with Gasteiger partial charge in [-0.25, -0.2) is 0 Å². The molecule has 0 unspecified atom stereocenters. The Kier molecular flexibility index (Phi) is 3.86. The van der Waals surface area contributed by atoms with Crippen LogP contribution < -0.4 is 0 Å². The summed E-state index contributed by atoms with van der Waals surface area (Å²) in [4.78, 5) is 0. The quantitative estimate of drug-likeness (QED) is 0.480. The highest BCUT2D eigenvalue weighted by Crippen LogP contribution is 2.22. The van der Waals surface area contributed by atoms with Crippen molar-refractivity contribution in [2.24, 2.45) is 0 Å². The topological polar surface area (TPSA) is 0 Å². The van der Waals surface area contributed by atoms with Crippen LogP contribution in [0.4, 0.5) is 0 Å². The fraction of sp³-hybridized carbons (Fsp3) is 0.900. The summed E-state index contributed by atoms with van der Waals surface area (Å²) in [6.45, 7) is 2.32. The molecule has 1 rings (SSSR count). The van der Waals surface area contributed by atoms with Gasteiger partial charge in [-0.15, -0.1) is 0 Å². The number of rotatable bonds is 0. The van der Waals surface area contributed by atoms with Gasteiger partial charge in [-0.2, -0.15) is 0 Å². The van der Waals surface area contributed by atoms with E-state index in [-0.39, 0.29) is 0 Å². The summed E-state index contributed by atoms with van der Waals surface area (Å²) in [6.07, 6.45) is 11.6. The predicted molar refractivity (Wildman–Crippen MR) is 45.9 cm³/mol. The van der Waals surface area contributed by atoms with Gasteiger partial charge in [0.25, 0.3) is 0 Å². The second-order valence-corrected chi connectivity index (χ2v) is 3.58. The molecule has 1 radical (unpaired) electrons. The van der Waals surface area contributed by atoms with Crippen LogP contribution in [-0.4, -0.2) is 0 Å². The van der Waals surface area contributed by atoms with Crippen molar-refractivity contribution in [2.45, 2.75) is 58.3 Å². The van der Waals surface area contributed by atoms with Gasteiger partial charge in [0.2, 0.25) is 0 Å². The molecule has 0 aromatic rings. The molecule has 0 amide bonds. The molecule has 0 bridgehead atoms. The summed E-state index contributed by atoms with van der Waals surface area (Å²) in [6, 6.07) is 0. The summed E-state index contributed by atoms with van der Waals surface area (Å²) in [5.41, 5.74) is 0. The van der Waals surface area contributed by atoms with E-state index in [9.17, 15) is 0 Å². The van der Waals surface area contributed by atoms with Crippen LogP contribution >= 0.6 is 0 Å². The van der Waals surface area contributed by atoms with Crippen molar-refractivity contribution in [3.8, 4) is 0 Å². The average molecular weight is 139 g/mol. The van der Waals surface area contributed by atoms with Crippen molar-refractivity contribution in [1.82, 2.24) is 0 Å². The minimum atomic E-state index is 1.40. The first-order valence-corrected chi connectivity index (χ1v) is 4.71. The SMILES string of the molecule is C[C]1CCCCCCCC1. The van der Waals surface area contributed by atoms with Crippen molar-refractivity contribution in [1.29, 1.82) is 0 Å². The monoisotopic (exact) mass is 139 g/mol. The lowest BCUT2D eigenvalue weighted by molar-refractivity contribution is 0.624. The van der Waals surface area contributed by atoms with Crippen LogP contribution in [0.2, 0.25) is 0 Å². The molecule has 59 valence electrons. The van der Waals surface area contributed by atoms with E-state index in [0.29, 0.717) is 0 Å². The molecule has 0 aromatic heterocycles. The molecule has 0 aliphatic heterocycles. The fourth-order valence-corrected chi connectivity index (χ4v) is 1.69. The molecule has 0 aromatic carbocycles. The lowest BCUT2D eigenvalue weighted by Crippen LogP contribution is -1.89. The molecular weight excluding hydrogens is 120 g/mol.